The molecule has 7 heteroatoms. The van der Waals surface area contributed by atoms with Gasteiger partial charge in [-0.05, 0) is 24.9 Å². The topological polar surface area (TPSA) is 73.9 Å². The van der Waals surface area contributed by atoms with E-state index in [4.69, 9.17) is 11.1 Å². The van der Waals surface area contributed by atoms with E-state index in [-0.39, 0.29) is 18.4 Å². The summed E-state index contributed by atoms with van der Waals surface area (Å²) < 4.78 is 37.5. The first-order valence-electron chi connectivity index (χ1n) is 5.40. The Balaban J connectivity index is 4.06. The predicted octanol–water partition coefficient (Wildman–Crippen LogP) is 1.43. The van der Waals surface area contributed by atoms with Gasteiger partial charge in [0.1, 0.15) is 6.04 Å². The third kappa shape index (κ3) is 8.79. The van der Waals surface area contributed by atoms with E-state index in [1.54, 1.807) is 0 Å². The molecule has 0 heterocycles. The van der Waals surface area contributed by atoms with Crippen molar-refractivity contribution >= 4 is 5.96 Å². The van der Waals surface area contributed by atoms with Crippen LogP contribution in [0, 0.1) is 10.8 Å². The van der Waals surface area contributed by atoms with Gasteiger partial charge in [-0.25, -0.2) is 0 Å². The summed E-state index contributed by atoms with van der Waals surface area (Å²) in [4.78, 5) is 0. The lowest BCUT2D eigenvalue weighted by Crippen LogP contribution is -2.49. The molecular weight excluding hydrogens is 233 g/mol. The van der Waals surface area contributed by atoms with Crippen LogP contribution in [0.25, 0.3) is 0 Å². The minimum Gasteiger partial charge on any atom is -0.370 e. The van der Waals surface area contributed by atoms with E-state index >= 15 is 0 Å². The van der Waals surface area contributed by atoms with Crippen molar-refractivity contribution in [1.29, 1.82) is 5.41 Å². The van der Waals surface area contributed by atoms with E-state index < -0.39 is 18.2 Å². The highest BCUT2D eigenvalue weighted by Gasteiger charge is 2.39. The summed E-state index contributed by atoms with van der Waals surface area (Å²) in [6, 6.07) is -1.77. The lowest BCUT2D eigenvalue weighted by molar-refractivity contribution is -0.153. The Kier molecular flexibility index (Phi) is 5.74. The quantitative estimate of drug-likeness (QED) is 0.340. The van der Waals surface area contributed by atoms with Gasteiger partial charge in [-0.15, -0.1) is 0 Å². The fourth-order valence-electron chi connectivity index (χ4n) is 1.22. The molecule has 0 aromatic carbocycles. The summed E-state index contributed by atoms with van der Waals surface area (Å²) in [5.41, 5.74) is 4.94. The molecule has 0 aliphatic carbocycles. The standard InChI is InChI=1S/C10H21F3N4/c1-9(2,3)6-16-5-4-7(10(11,12)13)17-8(14)15/h7,16H,4-6H2,1-3H3,(H4,14,15,17). The molecule has 0 bridgehead atoms. The molecule has 0 radical (unpaired) electrons. The first-order valence-corrected chi connectivity index (χ1v) is 5.40. The van der Waals surface area contributed by atoms with Gasteiger partial charge in [0.15, 0.2) is 5.96 Å². The van der Waals surface area contributed by atoms with Gasteiger partial charge in [-0.1, -0.05) is 20.8 Å². The van der Waals surface area contributed by atoms with Crippen molar-refractivity contribution in [3.63, 3.8) is 0 Å². The maximum absolute atomic E-state index is 12.5. The normalized spacial score (nSPS) is 14.5. The zero-order valence-electron chi connectivity index (χ0n) is 10.4. The maximum Gasteiger partial charge on any atom is 0.408 e. The summed E-state index contributed by atoms with van der Waals surface area (Å²) in [6.07, 6.45) is -4.55. The van der Waals surface area contributed by atoms with Gasteiger partial charge >= 0.3 is 6.18 Å². The molecule has 0 amide bonds. The minimum atomic E-state index is -4.39. The highest BCUT2D eigenvalue weighted by atomic mass is 19.4. The SMILES string of the molecule is CC(C)(C)CNCCC(NC(=N)N)C(F)(F)F. The molecule has 0 saturated carbocycles. The first-order chi connectivity index (χ1) is 7.52. The number of nitrogens with one attached hydrogen (secondary N) is 3. The van der Waals surface area contributed by atoms with Crippen molar-refractivity contribution in [3.8, 4) is 0 Å². The highest BCUT2D eigenvalue weighted by Crippen LogP contribution is 2.22. The van der Waals surface area contributed by atoms with Crippen LogP contribution in [0.1, 0.15) is 27.2 Å². The number of rotatable bonds is 5. The van der Waals surface area contributed by atoms with Crippen molar-refractivity contribution in [2.75, 3.05) is 13.1 Å². The molecule has 0 fully saturated rings. The van der Waals surface area contributed by atoms with E-state index in [1.807, 2.05) is 26.1 Å². The summed E-state index contributed by atoms with van der Waals surface area (Å²) in [7, 11) is 0. The molecule has 0 saturated heterocycles. The molecule has 0 aliphatic heterocycles. The second-order valence-corrected chi connectivity index (χ2v) is 5.18. The Labute approximate surface area is 99.6 Å². The second-order valence-electron chi connectivity index (χ2n) is 5.18. The van der Waals surface area contributed by atoms with Crippen molar-refractivity contribution in [3.05, 3.63) is 0 Å². The molecule has 0 spiro atoms. The van der Waals surface area contributed by atoms with Gasteiger partial charge in [0.2, 0.25) is 0 Å². The van der Waals surface area contributed by atoms with E-state index in [9.17, 15) is 13.2 Å². The van der Waals surface area contributed by atoms with Crippen LogP contribution in [-0.2, 0) is 0 Å². The van der Waals surface area contributed by atoms with Gasteiger partial charge < -0.3 is 16.4 Å². The van der Waals surface area contributed by atoms with Crippen LogP contribution in [0.4, 0.5) is 13.2 Å². The van der Waals surface area contributed by atoms with Crippen LogP contribution >= 0.6 is 0 Å². The fraction of sp³-hybridized carbons (Fsp3) is 0.900. The van der Waals surface area contributed by atoms with Crippen molar-refractivity contribution in [2.24, 2.45) is 11.1 Å². The molecule has 0 aliphatic rings. The zero-order valence-corrected chi connectivity index (χ0v) is 10.4. The second kappa shape index (κ2) is 6.09. The van der Waals surface area contributed by atoms with Crippen LogP contribution < -0.4 is 16.4 Å². The third-order valence-corrected chi connectivity index (χ3v) is 1.99. The smallest absolute Gasteiger partial charge is 0.370 e. The van der Waals surface area contributed by atoms with Gasteiger partial charge in [0.05, 0.1) is 0 Å². The Morgan fingerprint density at radius 1 is 1.29 bits per heavy atom. The lowest BCUT2D eigenvalue weighted by atomic mass is 9.97. The maximum atomic E-state index is 12.5. The number of hydrogen-bond donors (Lipinski definition) is 4. The molecule has 102 valence electrons. The number of alkyl halides is 3. The van der Waals surface area contributed by atoms with Crippen LogP contribution in [0.3, 0.4) is 0 Å². The van der Waals surface area contributed by atoms with Crippen LogP contribution in [-0.4, -0.2) is 31.3 Å². The summed E-state index contributed by atoms with van der Waals surface area (Å²) in [5, 5.41) is 11.7. The van der Waals surface area contributed by atoms with E-state index in [1.165, 1.54) is 0 Å². The molecule has 0 aromatic rings. The third-order valence-electron chi connectivity index (χ3n) is 1.99. The van der Waals surface area contributed by atoms with Gasteiger partial charge in [0.25, 0.3) is 0 Å². The van der Waals surface area contributed by atoms with E-state index in [0.29, 0.717) is 6.54 Å². The van der Waals surface area contributed by atoms with Crippen molar-refractivity contribution in [2.45, 2.75) is 39.4 Å². The molecular formula is C10H21F3N4. The monoisotopic (exact) mass is 254 g/mol. The minimum absolute atomic E-state index is 0.0295. The highest BCUT2D eigenvalue weighted by molar-refractivity contribution is 5.74. The van der Waals surface area contributed by atoms with E-state index in [2.05, 4.69) is 5.32 Å². The number of halogens is 3. The van der Waals surface area contributed by atoms with Crippen LogP contribution in [0.15, 0.2) is 0 Å². The molecule has 0 aromatic heterocycles. The molecule has 5 N–H and O–H groups in total. The largest absolute Gasteiger partial charge is 0.408 e. The molecule has 17 heavy (non-hydrogen) atoms. The number of guanidine groups is 1. The zero-order chi connectivity index (χ0) is 13.7. The Morgan fingerprint density at radius 3 is 2.18 bits per heavy atom. The molecule has 1 unspecified atom stereocenters. The molecule has 4 nitrogen and oxygen atoms in total. The molecule has 1 atom stereocenters. The van der Waals surface area contributed by atoms with Crippen molar-refractivity contribution < 1.29 is 13.2 Å². The van der Waals surface area contributed by atoms with Gasteiger partial charge in [-0.2, -0.15) is 13.2 Å². The number of nitrogens with two attached hydrogens (primary N) is 1. The summed E-state index contributed by atoms with van der Waals surface area (Å²) in [6.45, 7) is 6.85. The fourth-order valence-corrected chi connectivity index (χ4v) is 1.22. The lowest BCUT2D eigenvalue weighted by Gasteiger charge is -2.23. The average molecular weight is 254 g/mol. The Bertz CT molecular complexity index is 245. The van der Waals surface area contributed by atoms with Gasteiger partial charge in [0, 0.05) is 0 Å². The predicted molar refractivity (Wildman–Crippen MR) is 61.8 cm³/mol. The summed E-state index contributed by atoms with van der Waals surface area (Å²) >= 11 is 0. The van der Waals surface area contributed by atoms with Gasteiger partial charge in [-0.3, -0.25) is 5.41 Å². The molecule has 0 rings (SSSR count). The van der Waals surface area contributed by atoms with E-state index in [0.717, 1.165) is 0 Å². The number of hydrogen-bond acceptors (Lipinski definition) is 2. The van der Waals surface area contributed by atoms with Crippen LogP contribution in [0.2, 0.25) is 0 Å². The van der Waals surface area contributed by atoms with Crippen LogP contribution in [0.5, 0.6) is 0 Å². The summed E-state index contributed by atoms with van der Waals surface area (Å²) in [5.74, 6) is -0.664. The average Bonchev–Trinajstić information content (AvgIpc) is 2.06. The van der Waals surface area contributed by atoms with Crippen molar-refractivity contribution in [1.82, 2.24) is 10.6 Å². The first kappa shape index (κ1) is 16.0. The Morgan fingerprint density at radius 2 is 1.82 bits per heavy atom. The Hall–Kier alpha value is -0.980.